The number of aliphatic carboxylic acids is 1. The van der Waals surface area contributed by atoms with E-state index in [1.807, 2.05) is 6.92 Å². The second-order valence-electron chi connectivity index (χ2n) is 5.48. The Bertz CT molecular complexity index is 589. The first-order chi connectivity index (χ1) is 10.2. The minimum absolute atomic E-state index is 0.405. The van der Waals surface area contributed by atoms with Crippen LogP contribution in [0.15, 0.2) is 12.1 Å². The van der Waals surface area contributed by atoms with Gasteiger partial charge in [-0.25, -0.2) is 4.79 Å². The van der Waals surface area contributed by atoms with Gasteiger partial charge in [-0.3, -0.25) is 4.79 Å². The molecule has 0 unspecified atom stereocenters. The zero-order valence-electron chi connectivity index (χ0n) is 13.0. The summed E-state index contributed by atoms with van der Waals surface area (Å²) < 4.78 is 0. The second kappa shape index (κ2) is 7.97. The molecule has 5 nitrogen and oxygen atoms in total. The molecule has 0 aliphatic heterocycles. The van der Waals surface area contributed by atoms with Crippen LogP contribution in [0.1, 0.15) is 54.6 Å². The molecule has 1 aromatic heterocycles. The Balaban J connectivity index is 2.75. The van der Waals surface area contributed by atoms with Crippen molar-refractivity contribution in [2.75, 3.05) is 0 Å². The molecule has 120 valence electrons. The molecule has 0 aliphatic carbocycles. The fraction of sp³-hybridized carbons (Fsp3) is 0.500. The topological polar surface area (TPSA) is 86.6 Å². The predicted molar refractivity (Wildman–Crippen MR) is 85.9 cm³/mol. The van der Waals surface area contributed by atoms with E-state index in [9.17, 15) is 14.7 Å². The Morgan fingerprint density at radius 2 is 2.09 bits per heavy atom. The molecule has 0 bridgehead atoms. The smallest absolute Gasteiger partial charge is 0.326 e. The quantitative estimate of drug-likeness (QED) is 0.701. The van der Waals surface area contributed by atoms with E-state index >= 15 is 0 Å². The van der Waals surface area contributed by atoms with Gasteiger partial charge in [0.05, 0.1) is 9.75 Å². The lowest BCUT2D eigenvalue weighted by atomic mass is 10.1. The highest BCUT2D eigenvalue weighted by atomic mass is 32.1. The predicted octanol–water partition coefficient (Wildman–Crippen LogP) is 2.24. The summed E-state index contributed by atoms with van der Waals surface area (Å²) in [6.45, 7) is 5.12. The standard InChI is InChI=1S/C16H21NO4S/c1-4-5-6-12(15(19)20)17-14(18)13-8-7-11(22-13)9-10-16(2,3)21/h7-8,12,21H,4-6H2,1-3H3,(H,17,18)(H,19,20)/t12-/m0/s1. The molecule has 22 heavy (non-hydrogen) atoms. The molecule has 0 aromatic carbocycles. The van der Waals surface area contributed by atoms with Gasteiger partial charge in [-0.1, -0.05) is 31.6 Å². The maximum absolute atomic E-state index is 12.1. The van der Waals surface area contributed by atoms with Crippen molar-refractivity contribution in [2.45, 2.75) is 51.7 Å². The second-order valence-corrected chi connectivity index (χ2v) is 6.56. The summed E-state index contributed by atoms with van der Waals surface area (Å²) in [7, 11) is 0. The number of unbranched alkanes of at least 4 members (excludes halogenated alkanes) is 1. The number of carbonyl (C=O) groups excluding carboxylic acids is 1. The van der Waals surface area contributed by atoms with Crippen molar-refractivity contribution in [3.05, 3.63) is 21.9 Å². The number of aliphatic hydroxyl groups is 1. The van der Waals surface area contributed by atoms with E-state index in [-0.39, 0.29) is 0 Å². The fourth-order valence-electron chi connectivity index (χ4n) is 1.64. The van der Waals surface area contributed by atoms with Gasteiger partial charge in [0.15, 0.2) is 0 Å². The van der Waals surface area contributed by atoms with Gasteiger partial charge in [0.2, 0.25) is 0 Å². The molecule has 0 radical (unpaired) electrons. The first kappa shape index (κ1) is 18.2. The fourth-order valence-corrected chi connectivity index (χ4v) is 2.40. The maximum Gasteiger partial charge on any atom is 0.326 e. The molecule has 0 saturated heterocycles. The number of hydrogen-bond donors (Lipinski definition) is 3. The Morgan fingerprint density at radius 1 is 1.41 bits per heavy atom. The zero-order valence-corrected chi connectivity index (χ0v) is 13.8. The molecule has 3 N–H and O–H groups in total. The Labute approximate surface area is 134 Å². The lowest BCUT2D eigenvalue weighted by Crippen LogP contribution is -2.40. The van der Waals surface area contributed by atoms with Crippen molar-refractivity contribution in [3.63, 3.8) is 0 Å². The van der Waals surface area contributed by atoms with Crippen LogP contribution in [0.4, 0.5) is 0 Å². The Morgan fingerprint density at radius 3 is 2.64 bits per heavy atom. The zero-order chi connectivity index (χ0) is 16.8. The van der Waals surface area contributed by atoms with E-state index in [0.717, 1.165) is 12.8 Å². The van der Waals surface area contributed by atoms with Gasteiger partial charge in [-0.05, 0) is 32.4 Å². The molecule has 1 amide bonds. The highest BCUT2D eigenvalue weighted by Crippen LogP contribution is 2.16. The van der Waals surface area contributed by atoms with Crippen molar-refractivity contribution < 1.29 is 19.8 Å². The van der Waals surface area contributed by atoms with Gasteiger partial charge < -0.3 is 15.5 Å². The van der Waals surface area contributed by atoms with Gasteiger partial charge in [-0.2, -0.15) is 0 Å². The molecule has 0 aliphatic rings. The summed E-state index contributed by atoms with van der Waals surface area (Å²) >= 11 is 1.17. The summed E-state index contributed by atoms with van der Waals surface area (Å²) in [4.78, 5) is 24.3. The highest BCUT2D eigenvalue weighted by Gasteiger charge is 2.20. The molecular formula is C16H21NO4S. The van der Waals surface area contributed by atoms with Crippen LogP contribution < -0.4 is 5.32 Å². The van der Waals surface area contributed by atoms with E-state index in [4.69, 9.17) is 5.11 Å². The molecule has 0 spiro atoms. The van der Waals surface area contributed by atoms with Gasteiger partial charge >= 0.3 is 5.97 Å². The van der Waals surface area contributed by atoms with Crippen LogP contribution in [0, 0.1) is 11.8 Å². The highest BCUT2D eigenvalue weighted by molar-refractivity contribution is 7.14. The number of nitrogens with one attached hydrogen (secondary N) is 1. The van der Waals surface area contributed by atoms with Crippen molar-refractivity contribution in [3.8, 4) is 11.8 Å². The van der Waals surface area contributed by atoms with Crippen LogP contribution in [0.5, 0.6) is 0 Å². The van der Waals surface area contributed by atoms with Gasteiger partial charge in [-0.15, -0.1) is 11.3 Å². The third-order valence-corrected chi connectivity index (χ3v) is 3.77. The molecule has 1 rings (SSSR count). The number of carbonyl (C=O) groups is 2. The normalized spacial score (nSPS) is 12.2. The summed E-state index contributed by atoms with van der Waals surface area (Å²) in [6.07, 6.45) is 2.02. The van der Waals surface area contributed by atoms with Gasteiger partial charge in [0.1, 0.15) is 11.6 Å². The Kier molecular flexibility index (Phi) is 6.60. The monoisotopic (exact) mass is 323 g/mol. The average molecular weight is 323 g/mol. The van der Waals surface area contributed by atoms with Crippen LogP contribution in [0.25, 0.3) is 0 Å². The summed E-state index contributed by atoms with van der Waals surface area (Å²) in [5.74, 6) is 4.02. The largest absolute Gasteiger partial charge is 0.480 e. The summed E-state index contributed by atoms with van der Waals surface area (Å²) in [5.41, 5.74) is -1.10. The van der Waals surface area contributed by atoms with Crippen molar-refractivity contribution in [1.29, 1.82) is 0 Å². The number of rotatable bonds is 6. The molecule has 1 heterocycles. The first-order valence-corrected chi connectivity index (χ1v) is 7.93. The lowest BCUT2D eigenvalue weighted by molar-refractivity contribution is -0.139. The van der Waals surface area contributed by atoms with Crippen molar-refractivity contribution >= 4 is 23.2 Å². The van der Waals surface area contributed by atoms with E-state index in [0.29, 0.717) is 16.2 Å². The van der Waals surface area contributed by atoms with E-state index in [1.165, 1.54) is 11.3 Å². The van der Waals surface area contributed by atoms with Crippen molar-refractivity contribution in [2.24, 2.45) is 0 Å². The number of amides is 1. The van der Waals surface area contributed by atoms with E-state index in [2.05, 4.69) is 17.2 Å². The SMILES string of the molecule is CCCC[C@H](NC(=O)c1ccc(C#CC(C)(C)O)s1)C(=O)O. The molecule has 0 fully saturated rings. The average Bonchev–Trinajstić information content (AvgIpc) is 2.89. The molecule has 1 aromatic rings. The van der Waals surface area contributed by atoms with Crippen LogP contribution in [-0.4, -0.2) is 33.7 Å². The van der Waals surface area contributed by atoms with Gasteiger partial charge in [0, 0.05) is 0 Å². The van der Waals surface area contributed by atoms with Crippen molar-refractivity contribution in [1.82, 2.24) is 5.32 Å². The number of carboxylic acids is 1. The molecular weight excluding hydrogens is 302 g/mol. The Hall–Kier alpha value is -1.84. The molecule has 0 saturated carbocycles. The first-order valence-electron chi connectivity index (χ1n) is 7.12. The number of carboxylic acid groups (broad SMARTS) is 1. The van der Waals surface area contributed by atoms with Crippen LogP contribution >= 0.6 is 11.3 Å². The third kappa shape index (κ3) is 6.29. The number of thiophene rings is 1. The van der Waals surface area contributed by atoms with E-state index < -0.39 is 23.5 Å². The molecule has 6 heteroatoms. The summed E-state index contributed by atoms with van der Waals surface area (Å²) in [6, 6.07) is 2.41. The van der Waals surface area contributed by atoms with Crippen LogP contribution in [0.3, 0.4) is 0 Å². The lowest BCUT2D eigenvalue weighted by Gasteiger charge is -2.13. The summed E-state index contributed by atoms with van der Waals surface area (Å²) in [5, 5.41) is 21.2. The number of hydrogen-bond acceptors (Lipinski definition) is 4. The third-order valence-electron chi connectivity index (χ3n) is 2.77. The van der Waals surface area contributed by atoms with Gasteiger partial charge in [0.25, 0.3) is 5.91 Å². The minimum atomic E-state index is -1.10. The van der Waals surface area contributed by atoms with Crippen LogP contribution in [-0.2, 0) is 4.79 Å². The van der Waals surface area contributed by atoms with E-state index in [1.54, 1.807) is 26.0 Å². The maximum atomic E-state index is 12.1. The minimum Gasteiger partial charge on any atom is -0.480 e. The molecule has 1 atom stereocenters. The van der Waals surface area contributed by atoms with Crippen LogP contribution in [0.2, 0.25) is 0 Å².